The van der Waals surface area contributed by atoms with Gasteiger partial charge in [0.15, 0.2) is 0 Å². The van der Waals surface area contributed by atoms with Crippen LogP contribution in [0.15, 0.2) is 59.4 Å². The fraction of sp³-hybridized carbons (Fsp3) is 0.360. The number of nitrogens with one attached hydrogen (secondary N) is 2. The first kappa shape index (κ1) is 21.1. The minimum Gasteiger partial charge on any atom is -0.460 e. The molecule has 3 N–H and O–H groups in total. The lowest BCUT2D eigenvalue weighted by molar-refractivity contribution is -0.161. The standard InChI is InChI=1S/C25H28N2O4/c1-15(2)17-9-11-18(12-10-17)20-21-19(26-27-23(21)28)13-25(3,30)22(20)24(29)31-14-16-7-5-4-6-8-16/h4-12,15,20,22,30H,13-14H2,1-3H3,(H2,26,27,28)/t20-,22-,25+/m1/s1. The molecule has 0 unspecified atom stereocenters. The first-order valence-electron chi connectivity index (χ1n) is 10.6. The summed E-state index contributed by atoms with van der Waals surface area (Å²) in [5, 5.41) is 16.8. The lowest BCUT2D eigenvalue weighted by Gasteiger charge is -2.40. The summed E-state index contributed by atoms with van der Waals surface area (Å²) in [5.41, 5.74) is 2.29. The second-order valence-corrected chi connectivity index (χ2v) is 8.88. The van der Waals surface area contributed by atoms with Crippen LogP contribution in [0.5, 0.6) is 0 Å². The summed E-state index contributed by atoms with van der Waals surface area (Å²) in [6, 6.07) is 17.3. The smallest absolute Gasteiger partial charge is 0.313 e. The van der Waals surface area contributed by atoms with E-state index in [0.29, 0.717) is 17.2 Å². The number of ether oxygens (including phenoxy) is 1. The van der Waals surface area contributed by atoms with Crippen LogP contribution < -0.4 is 5.56 Å². The number of carbonyl (C=O) groups is 1. The van der Waals surface area contributed by atoms with E-state index in [1.807, 2.05) is 54.6 Å². The Hall–Kier alpha value is -3.12. The molecule has 0 saturated carbocycles. The normalized spacial score (nSPS) is 22.9. The molecule has 162 valence electrons. The van der Waals surface area contributed by atoms with Crippen molar-refractivity contribution < 1.29 is 14.6 Å². The topological polar surface area (TPSA) is 95.2 Å². The number of aliphatic hydroxyl groups is 1. The van der Waals surface area contributed by atoms with Crippen molar-refractivity contribution >= 4 is 5.97 Å². The molecule has 31 heavy (non-hydrogen) atoms. The molecular weight excluding hydrogens is 392 g/mol. The number of aromatic amines is 2. The van der Waals surface area contributed by atoms with E-state index in [0.717, 1.165) is 16.7 Å². The van der Waals surface area contributed by atoms with Crippen molar-refractivity contribution in [2.45, 2.75) is 51.2 Å². The second kappa shape index (κ2) is 8.19. The van der Waals surface area contributed by atoms with E-state index in [9.17, 15) is 14.7 Å². The Labute approximate surface area is 181 Å². The zero-order valence-electron chi connectivity index (χ0n) is 18.0. The molecule has 1 aliphatic carbocycles. The molecule has 1 aliphatic rings. The minimum atomic E-state index is -1.38. The highest BCUT2D eigenvalue weighted by molar-refractivity contribution is 5.77. The highest BCUT2D eigenvalue weighted by atomic mass is 16.5. The van der Waals surface area contributed by atoms with Gasteiger partial charge in [0.2, 0.25) is 0 Å². The molecule has 0 spiro atoms. The van der Waals surface area contributed by atoms with Gasteiger partial charge in [0.05, 0.1) is 11.5 Å². The van der Waals surface area contributed by atoms with Crippen molar-refractivity contribution in [3.8, 4) is 0 Å². The van der Waals surface area contributed by atoms with E-state index in [1.54, 1.807) is 6.92 Å². The van der Waals surface area contributed by atoms with E-state index in [-0.39, 0.29) is 18.6 Å². The Kier molecular flexibility index (Phi) is 5.58. The molecular formula is C25H28N2O4. The molecule has 6 heteroatoms. The number of benzene rings is 2. The monoisotopic (exact) mass is 420 g/mol. The average molecular weight is 421 g/mol. The van der Waals surface area contributed by atoms with E-state index in [4.69, 9.17) is 4.74 Å². The number of hydrogen-bond acceptors (Lipinski definition) is 4. The van der Waals surface area contributed by atoms with Gasteiger partial charge < -0.3 is 14.9 Å². The van der Waals surface area contributed by atoms with Gasteiger partial charge in [-0.05, 0) is 29.5 Å². The number of aromatic nitrogens is 2. The molecule has 0 saturated heterocycles. The third kappa shape index (κ3) is 4.08. The van der Waals surface area contributed by atoms with E-state index < -0.39 is 23.4 Å². The van der Waals surface area contributed by atoms with Crippen LogP contribution in [0.3, 0.4) is 0 Å². The first-order chi connectivity index (χ1) is 14.8. The van der Waals surface area contributed by atoms with Gasteiger partial charge in [-0.1, -0.05) is 68.4 Å². The maximum absolute atomic E-state index is 13.3. The summed E-state index contributed by atoms with van der Waals surface area (Å²) in [6.45, 7) is 5.96. The first-order valence-corrected chi connectivity index (χ1v) is 10.6. The van der Waals surface area contributed by atoms with Crippen molar-refractivity contribution in [1.29, 1.82) is 0 Å². The molecule has 1 heterocycles. The van der Waals surface area contributed by atoms with E-state index in [1.165, 1.54) is 0 Å². The van der Waals surface area contributed by atoms with Crippen molar-refractivity contribution in [1.82, 2.24) is 10.2 Å². The molecule has 1 aromatic heterocycles. The molecule has 0 fully saturated rings. The largest absolute Gasteiger partial charge is 0.460 e. The number of esters is 1. The van der Waals surface area contributed by atoms with Gasteiger partial charge >= 0.3 is 5.97 Å². The van der Waals surface area contributed by atoms with Crippen LogP contribution in [0.1, 0.15) is 60.6 Å². The van der Waals surface area contributed by atoms with Crippen molar-refractivity contribution in [2.24, 2.45) is 5.92 Å². The Bertz CT molecular complexity index is 1110. The van der Waals surface area contributed by atoms with Gasteiger partial charge in [0.25, 0.3) is 5.56 Å². The number of hydrogen-bond donors (Lipinski definition) is 3. The molecule has 2 aromatic carbocycles. The molecule has 3 atom stereocenters. The molecule has 3 aromatic rings. The Morgan fingerprint density at radius 3 is 2.45 bits per heavy atom. The molecule has 4 rings (SSSR count). The Morgan fingerprint density at radius 2 is 1.81 bits per heavy atom. The molecule has 0 radical (unpaired) electrons. The van der Waals surface area contributed by atoms with Gasteiger partial charge in [0.1, 0.15) is 6.61 Å². The Morgan fingerprint density at radius 1 is 1.13 bits per heavy atom. The summed E-state index contributed by atoms with van der Waals surface area (Å²) in [6.07, 6.45) is 0.159. The fourth-order valence-electron chi connectivity index (χ4n) is 4.52. The molecule has 6 nitrogen and oxygen atoms in total. The SMILES string of the molecule is CC(C)c1ccc([C@@H]2c3c([nH][nH]c3=O)C[C@](C)(O)[C@H]2C(=O)OCc2ccccc2)cc1. The van der Waals surface area contributed by atoms with Crippen LogP contribution in [0.25, 0.3) is 0 Å². The maximum Gasteiger partial charge on any atom is 0.313 e. The zero-order chi connectivity index (χ0) is 22.2. The lowest BCUT2D eigenvalue weighted by Crippen LogP contribution is -2.50. The second-order valence-electron chi connectivity index (χ2n) is 8.88. The van der Waals surface area contributed by atoms with Crippen LogP contribution >= 0.6 is 0 Å². The van der Waals surface area contributed by atoms with Gasteiger partial charge in [0, 0.05) is 23.6 Å². The fourth-order valence-corrected chi connectivity index (χ4v) is 4.52. The number of rotatable bonds is 5. The third-order valence-electron chi connectivity index (χ3n) is 6.19. The number of H-pyrrole nitrogens is 2. The van der Waals surface area contributed by atoms with Gasteiger partial charge in [-0.2, -0.15) is 0 Å². The van der Waals surface area contributed by atoms with Crippen LogP contribution in [-0.4, -0.2) is 26.9 Å². The Balaban J connectivity index is 1.73. The summed E-state index contributed by atoms with van der Waals surface area (Å²) in [7, 11) is 0. The summed E-state index contributed by atoms with van der Waals surface area (Å²) in [5.74, 6) is -1.68. The van der Waals surface area contributed by atoms with Crippen molar-refractivity contribution in [3.63, 3.8) is 0 Å². The predicted octanol–water partition coefficient (Wildman–Crippen LogP) is 3.63. The lowest BCUT2D eigenvalue weighted by atomic mass is 9.66. The molecule has 0 aliphatic heterocycles. The van der Waals surface area contributed by atoms with Crippen LogP contribution in [0, 0.1) is 5.92 Å². The maximum atomic E-state index is 13.3. The highest BCUT2D eigenvalue weighted by Crippen LogP contribution is 2.44. The quantitative estimate of drug-likeness (QED) is 0.550. The average Bonchev–Trinajstić information content (AvgIpc) is 3.10. The van der Waals surface area contributed by atoms with Gasteiger partial charge in [-0.3, -0.25) is 14.7 Å². The van der Waals surface area contributed by atoms with Gasteiger partial charge in [-0.25, -0.2) is 0 Å². The zero-order valence-corrected chi connectivity index (χ0v) is 18.0. The van der Waals surface area contributed by atoms with Crippen molar-refractivity contribution in [3.05, 3.63) is 92.9 Å². The number of fused-ring (bicyclic) bond motifs is 1. The molecule has 0 amide bonds. The summed E-state index contributed by atoms with van der Waals surface area (Å²) >= 11 is 0. The molecule has 0 bridgehead atoms. The third-order valence-corrected chi connectivity index (χ3v) is 6.19. The van der Waals surface area contributed by atoms with Crippen LogP contribution in [0.2, 0.25) is 0 Å². The van der Waals surface area contributed by atoms with Crippen molar-refractivity contribution in [2.75, 3.05) is 0 Å². The van der Waals surface area contributed by atoms with Crippen LogP contribution in [0.4, 0.5) is 0 Å². The summed E-state index contributed by atoms with van der Waals surface area (Å²) in [4.78, 5) is 25.9. The van der Waals surface area contributed by atoms with E-state index >= 15 is 0 Å². The van der Waals surface area contributed by atoms with E-state index in [2.05, 4.69) is 24.0 Å². The highest BCUT2D eigenvalue weighted by Gasteiger charge is 2.51. The summed E-state index contributed by atoms with van der Waals surface area (Å²) < 4.78 is 5.63. The van der Waals surface area contributed by atoms with Gasteiger partial charge in [-0.15, -0.1) is 0 Å². The number of carbonyl (C=O) groups excluding carboxylic acids is 1. The van der Waals surface area contributed by atoms with Crippen LogP contribution in [-0.2, 0) is 22.6 Å². The predicted molar refractivity (Wildman–Crippen MR) is 118 cm³/mol. The minimum absolute atomic E-state index is 0.113.